The molecule has 26 heavy (non-hydrogen) atoms. The molecule has 6 nitrogen and oxygen atoms in total. The summed E-state index contributed by atoms with van der Waals surface area (Å²) < 4.78 is 10.3. The van der Waals surface area contributed by atoms with Gasteiger partial charge in [0, 0.05) is 10.0 Å². The Bertz CT molecular complexity index is 804. The van der Waals surface area contributed by atoms with Crippen molar-refractivity contribution in [1.29, 1.82) is 0 Å². The van der Waals surface area contributed by atoms with Crippen LogP contribution >= 0.6 is 15.9 Å². The number of methoxy groups -OCH3 is 2. The second-order valence-corrected chi connectivity index (χ2v) is 6.35. The van der Waals surface area contributed by atoms with Gasteiger partial charge in [0.2, 0.25) is 0 Å². The number of carbonyl (C=O) groups excluding carboxylic acids is 3. The monoisotopic (exact) mass is 419 g/mol. The van der Waals surface area contributed by atoms with E-state index in [1.165, 1.54) is 20.3 Å². The van der Waals surface area contributed by atoms with Gasteiger partial charge in [0.05, 0.1) is 32.2 Å². The highest BCUT2D eigenvalue weighted by atomic mass is 79.9. The summed E-state index contributed by atoms with van der Waals surface area (Å²) in [4.78, 5) is 36.0. The largest absolute Gasteiger partial charge is 0.469 e. The van der Waals surface area contributed by atoms with E-state index in [0.717, 1.165) is 10.0 Å². The van der Waals surface area contributed by atoms with Crippen molar-refractivity contribution in [3.05, 3.63) is 69.7 Å². The van der Waals surface area contributed by atoms with Crippen molar-refractivity contribution in [1.82, 2.24) is 5.32 Å². The standard InChI is InChI=1S/C19H18BrNO5/c1-25-17(22)11-16(12-6-8-15(20)9-7-12)21-18(23)13-4-3-5-14(10-13)19(24)26-2/h3-10,16H,11H2,1-2H3,(H,21,23)/t16-/m0/s1. The molecule has 1 amide bonds. The van der Waals surface area contributed by atoms with Gasteiger partial charge in [0.1, 0.15) is 0 Å². The lowest BCUT2D eigenvalue weighted by Crippen LogP contribution is -2.30. The summed E-state index contributed by atoms with van der Waals surface area (Å²) in [6, 6.07) is 12.9. The summed E-state index contributed by atoms with van der Waals surface area (Å²) >= 11 is 3.35. The Hall–Kier alpha value is -2.67. The summed E-state index contributed by atoms with van der Waals surface area (Å²) in [6.07, 6.45) is -0.0133. The van der Waals surface area contributed by atoms with Crippen molar-refractivity contribution in [3.8, 4) is 0 Å². The number of hydrogen-bond donors (Lipinski definition) is 1. The number of ether oxygens (including phenoxy) is 2. The first-order valence-electron chi connectivity index (χ1n) is 7.76. The maximum Gasteiger partial charge on any atom is 0.337 e. The molecule has 7 heteroatoms. The zero-order chi connectivity index (χ0) is 19.1. The highest BCUT2D eigenvalue weighted by Gasteiger charge is 2.20. The quantitative estimate of drug-likeness (QED) is 0.726. The number of hydrogen-bond acceptors (Lipinski definition) is 5. The van der Waals surface area contributed by atoms with Crippen LogP contribution in [0, 0.1) is 0 Å². The van der Waals surface area contributed by atoms with Gasteiger partial charge in [0.15, 0.2) is 0 Å². The molecule has 2 rings (SSSR count). The van der Waals surface area contributed by atoms with Crippen molar-refractivity contribution < 1.29 is 23.9 Å². The lowest BCUT2D eigenvalue weighted by Gasteiger charge is -2.18. The van der Waals surface area contributed by atoms with Gasteiger partial charge in [-0.2, -0.15) is 0 Å². The highest BCUT2D eigenvalue weighted by molar-refractivity contribution is 9.10. The summed E-state index contributed by atoms with van der Waals surface area (Å²) in [5, 5.41) is 2.81. The number of rotatable bonds is 6. The van der Waals surface area contributed by atoms with Gasteiger partial charge >= 0.3 is 11.9 Å². The molecule has 0 bridgehead atoms. The number of nitrogens with one attached hydrogen (secondary N) is 1. The SMILES string of the molecule is COC(=O)C[C@H](NC(=O)c1cccc(C(=O)OC)c1)c1ccc(Br)cc1. The fourth-order valence-corrected chi connectivity index (χ4v) is 2.61. The van der Waals surface area contributed by atoms with E-state index in [0.29, 0.717) is 5.56 Å². The second kappa shape index (κ2) is 9.15. The van der Waals surface area contributed by atoms with Crippen molar-refractivity contribution in [3.63, 3.8) is 0 Å². The molecule has 2 aromatic rings. The zero-order valence-corrected chi connectivity index (χ0v) is 15.9. The molecule has 136 valence electrons. The lowest BCUT2D eigenvalue weighted by atomic mass is 10.0. The minimum Gasteiger partial charge on any atom is -0.469 e. The predicted molar refractivity (Wildman–Crippen MR) is 98.8 cm³/mol. The molecule has 0 aliphatic heterocycles. The van der Waals surface area contributed by atoms with Gasteiger partial charge in [0.25, 0.3) is 5.91 Å². The van der Waals surface area contributed by atoms with Gasteiger partial charge in [-0.1, -0.05) is 34.1 Å². The Labute approximate surface area is 159 Å². The van der Waals surface area contributed by atoms with E-state index in [4.69, 9.17) is 4.74 Å². The topological polar surface area (TPSA) is 81.7 Å². The number of halogens is 1. The van der Waals surface area contributed by atoms with Crippen molar-refractivity contribution >= 4 is 33.8 Å². The van der Waals surface area contributed by atoms with Crippen LogP contribution in [0.5, 0.6) is 0 Å². The van der Waals surface area contributed by atoms with Crippen LogP contribution < -0.4 is 5.32 Å². The van der Waals surface area contributed by atoms with Crippen molar-refractivity contribution in [2.24, 2.45) is 0 Å². The predicted octanol–water partition coefficient (Wildman–Crippen LogP) is 3.27. The van der Waals surface area contributed by atoms with Crippen LogP contribution in [-0.2, 0) is 14.3 Å². The van der Waals surface area contributed by atoms with E-state index in [-0.39, 0.29) is 12.0 Å². The second-order valence-electron chi connectivity index (χ2n) is 5.43. The third kappa shape index (κ3) is 5.16. The lowest BCUT2D eigenvalue weighted by molar-refractivity contribution is -0.141. The molecule has 0 aliphatic carbocycles. The average Bonchev–Trinajstić information content (AvgIpc) is 2.67. The molecule has 1 atom stereocenters. The van der Waals surface area contributed by atoms with Crippen LogP contribution in [-0.4, -0.2) is 32.1 Å². The van der Waals surface area contributed by atoms with E-state index in [1.54, 1.807) is 18.2 Å². The maximum absolute atomic E-state index is 12.6. The van der Waals surface area contributed by atoms with Gasteiger partial charge in [-0.25, -0.2) is 4.79 Å². The van der Waals surface area contributed by atoms with E-state index in [2.05, 4.69) is 26.0 Å². The fourth-order valence-electron chi connectivity index (χ4n) is 2.34. The summed E-state index contributed by atoms with van der Waals surface area (Å²) in [7, 11) is 2.57. The van der Waals surface area contributed by atoms with Crippen LogP contribution in [0.4, 0.5) is 0 Å². The minimum absolute atomic E-state index is 0.0133. The van der Waals surface area contributed by atoms with E-state index < -0.39 is 23.9 Å². The van der Waals surface area contributed by atoms with Gasteiger partial charge < -0.3 is 14.8 Å². The molecule has 0 radical (unpaired) electrons. The molecule has 1 N–H and O–H groups in total. The fraction of sp³-hybridized carbons (Fsp3) is 0.211. The molecule has 0 spiro atoms. The third-order valence-corrected chi connectivity index (χ3v) is 4.25. The van der Waals surface area contributed by atoms with Crippen molar-refractivity contribution in [2.45, 2.75) is 12.5 Å². The zero-order valence-electron chi connectivity index (χ0n) is 14.3. The molecular formula is C19H18BrNO5. The first-order chi connectivity index (χ1) is 12.4. The highest BCUT2D eigenvalue weighted by Crippen LogP contribution is 2.21. The molecule has 0 aliphatic rings. The van der Waals surface area contributed by atoms with Gasteiger partial charge in [-0.15, -0.1) is 0 Å². The van der Waals surface area contributed by atoms with E-state index in [9.17, 15) is 14.4 Å². The van der Waals surface area contributed by atoms with Crippen LogP contribution in [0.3, 0.4) is 0 Å². The third-order valence-electron chi connectivity index (χ3n) is 3.72. The Kier molecular flexibility index (Phi) is 6.91. The molecule has 2 aromatic carbocycles. The van der Waals surface area contributed by atoms with Crippen molar-refractivity contribution in [2.75, 3.05) is 14.2 Å². The molecule has 0 fully saturated rings. The first kappa shape index (κ1) is 19.7. The number of carbonyl (C=O) groups is 3. The number of amides is 1. The molecular weight excluding hydrogens is 402 g/mol. The van der Waals surface area contributed by atoms with Crippen LogP contribution in [0.15, 0.2) is 53.0 Å². The Morgan fingerprint density at radius 2 is 1.65 bits per heavy atom. The van der Waals surface area contributed by atoms with E-state index >= 15 is 0 Å². The Morgan fingerprint density at radius 1 is 1.00 bits per heavy atom. The normalized spacial score (nSPS) is 11.3. The summed E-state index contributed by atoms with van der Waals surface area (Å²) in [5.41, 5.74) is 1.32. The minimum atomic E-state index is -0.565. The average molecular weight is 420 g/mol. The van der Waals surface area contributed by atoms with E-state index in [1.807, 2.05) is 24.3 Å². The maximum atomic E-state index is 12.6. The summed E-state index contributed by atoms with van der Waals surface area (Å²) in [6.45, 7) is 0. The van der Waals surface area contributed by atoms with Gasteiger partial charge in [-0.3, -0.25) is 9.59 Å². The van der Waals surface area contributed by atoms with Crippen LogP contribution in [0.1, 0.15) is 38.7 Å². The Balaban J connectivity index is 2.24. The molecule has 0 aromatic heterocycles. The van der Waals surface area contributed by atoms with Crippen LogP contribution in [0.2, 0.25) is 0 Å². The molecule has 0 saturated carbocycles. The first-order valence-corrected chi connectivity index (χ1v) is 8.55. The number of benzene rings is 2. The van der Waals surface area contributed by atoms with Gasteiger partial charge in [-0.05, 0) is 35.9 Å². The smallest absolute Gasteiger partial charge is 0.337 e. The molecule has 0 saturated heterocycles. The molecule has 0 heterocycles. The number of esters is 2. The Morgan fingerprint density at radius 3 is 2.27 bits per heavy atom. The van der Waals surface area contributed by atoms with Crippen LogP contribution in [0.25, 0.3) is 0 Å². The summed E-state index contributed by atoms with van der Waals surface area (Å²) in [5.74, 6) is -1.38. The molecule has 0 unspecified atom stereocenters.